The number of carbonyl (C=O) groups excluding carboxylic acids is 2. The summed E-state index contributed by atoms with van der Waals surface area (Å²) in [6, 6.07) is 19.9. The number of halogens is 1. The van der Waals surface area contributed by atoms with Crippen molar-refractivity contribution < 1.29 is 18.7 Å². The monoisotopic (exact) mass is 707 g/mol. The lowest BCUT2D eigenvalue weighted by Gasteiger charge is -2.36. The van der Waals surface area contributed by atoms with Gasteiger partial charge in [-0.2, -0.15) is 5.10 Å². The van der Waals surface area contributed by atoms with Crippen LogP contribution in [0.2, 0.25) is 0 Å². The Balaban J connectivity index is 0.911. The van der Waals surface area contributed by atoms with Crippen LogP contribution in [0.4, 0.5) is 4.39 Å². The van der Waals surface area contributed by atoms with Crippen LogP contribution in [0.1, 0.15) is 83.5 Å². The zero-order valence-corrected chi connectivity index (χ0v) is 30.3. The number of nitrogens with zero attached hydrogens (tertiary/aromatic N) is 5. The molecular weight excluding hydrogens is 657 g/mol. The molecule has 0 bridgehead atoms. The fraction of sp³-hybridized carbons (Fsp3) is 0.463. The van der Waals surface area contributed by atoms with Crippen molar-refractivity contribution in [2.45, 2.75) is 82.8 Å². The number of benzene rings is 2. The van der Waals surface area contributed by atoms with Crippen molar-refractivity contribution in [1.82, 2.24) is 35.2 Å². The average Bonchev–Trinajstić information content (AvgIpc) is 3.83. The van der Waals surface area contributed by atoms with Crippen LogP contribution < -0.4 is 15.4 Å². The van der Waals surface area contributed by atoms with Crippen LogP contribution in [0.5, 0.6) is 11.6 Å². The molecule has 1 saturated carbocycles. The number of hydrogen-bond acceptors (Lipinski definition) is 7. The molecule has 7 rings (SSSR count). The number of piperidine rings is 1. The minimum absolute atomic E-state index is 0.00598. The summed E-state index contributed by atoms with van der Waals surface area (Å²) in [5.74, 6) is -0.706. The quantitative estimate of drug-likeness (QED) is 0.189. The molecule has 11 heteroatoms. The molecule has 2 N–H and O–H groups in total. The first-order valence-electron chi connectivity index (χ1n) is 18.9. The third kappa shape index (κ3) is 8.87. The number of aromatic nitrogens is 3. The molecule has 2 amide bonds. The van der Waals surface area contributed by atoms with E-state index in [2.05, 4.69) is 54.8 Å². The Morgan fingerprint density at radius 2 is 1.54 bits per heavy atom. The van der Waals surface area contributed by atoms with Crippen LogP contribution in [0.25, 0.3) is 11.1 Å². The normalized spacial score (nSPS) is 20.1. The lowest BCUT2D eigenvalue weighted by Crippen LogP contribution is -2.44. The van der Waals surface area contributed by atoms with Crippen LogP contribution in [-0.4, -0.2) is 87.2 Å². The Labute approximate surface area is 305 Å². The smallest absolute Gasteiger partial charge is 0.272 e. The second-order valence-corrected chi connectivity index (χ2v) is 14.7. The molecule has 2 aromatic carbocycles. The van der Waals surface area contributed by atoms with Crippen molar-refractivity contribution in [3.8, 4) is 22.8 Å². The van der Waals surface area contributed by atoms with Crippen LogP contribution in [0.3, 0.4) is 0 Å². The van der Waals surface area contributed by atoms with Gasteiger partial charge in [0.05, 0.1) is 6.20 Å². The highest BCUT2D eigenvalue weighted by atomic mass is 19.1. The Morgan fingerprint density at radius 3 is 2.21 bits per heavy atom. The number of rotatable bonds is 11. The topological polar surface area (TPSA) is 105 Å². The summed E-state index contributed by atoms with van der Waals surface area (Å²) in [4.78, 5) is 35.5. The van der Waals surface area contributed by atoms with E-state index >= 15 is 0 Å². The standard InChI is InChI=1S/C41H50FN7O3/c1-28-24-38(46-47(28)2)40(51)45-34-14-12-33(13-15-34)44-39(50)37-26-32(42)27-43-41(37)52-36-7-5-6-31(25-36)30-10-8-29(9-11-30)16-21-48-22-17-35(18-23-48)49-19-3-4-20-49/h5-11,24-27,33-35H,3-4,12-23H2,1-2H3,(H,44,50)(H,45,51). The van der Waals surface area contributed by atoms with Gasteiger partial charge < -0.3 is 25.2 Å². The summed E-state index contributed by atoms with van der Waals surface area (Å²) in [7, 11) is 1.81. The van der Waals surface area contributed by atoms with Gasteiger partial charge in [0.15, 0.2) is 0 Å². The van der Waals surface area contributed by atoms with Crippen LogP contribution >= 0.6 is 0 Å². The van der Waals surface area contributed by atoms with E-state index < -0.39 is 11.7 Å². The van der Waals surface area contributed by atoms with E-state index in [0.29, 0.717) is 37.1 Å². The number of hydrogen-bond donors (Lipinski definition) is 2. The molecule has 3 aliphatic rings. The van der Waals surface area contributed by atoms with Crippen molar-refractivity contribution in [1.29, 1.82) is 0 Å². The molecule has 0 radical (unpaired) electrons. The highest BCUT2D eigenvalue weighted by molar-refractivity contribution is 5.96. The van der Waals surface area contributed by atoms with E-state index in [1.807, 2.05) is 25.1 Å². The van der Waals surface area contributed by atoms with Gasteiger partial charge in [0.2, 0.25) is 5.88 Å². The van der Waals surface area contributed by atoms with Crippen LogP contribution in [0, 0.1) is 12.7 Å². The summed E-state index contributed by atoms with van der Waals surface area (Å²) >= 11 is 0. The number of amides is 2. The predicted molar refractivity (Wildman–Crippen MR) is 199 cm³/mol. The Hall–Kier alpha value is -4.61. The first-order chi connectivity index (χ1) is 25.3. The van der Waals surface area contributed by atoms with Crippen molar-refractivity contribution in [2.75, 3.05) is 32.7 Å². The maximum Gasteiger partial charge on any atom is 0.272 e. The summed E-state index contributed by atoms with van der Waals surface area (Å²) in [6.45, 7) is 7.93. The minimum atomic E-state index is -0.617. The van der Waals surface area contributed by atoms with Gasteiger partial charge in [-0.3, -0.25) is 14.3 Å². The van der Waals surface area contributed by atoms with E-state index in [-0.39, 0.29) is 29.4 Å². The van der Waals surface area contributed by atoms with Crippen molar-refractivity contribution in [3.05, 3.63) is 95.2 Å². The number of ether oxygens (including phenoxy) is 1. The molecule has 274 valence electrons. The minimum Gasteiger partial charge on any atom is -0.438 e. The number of pyridine rings is 1. The molecule has 0 atom stereocenters. The first kappa shape index (κ1) is 35.8. The number of carbonyl (C=O) groups is 2. The summed E-state index contributed by atoms with van der Waals surface area (Å²) in [6.07, 6.45) is 10.1. The molecular formula is C41H50FN7O3. The molecule has 52 heavy (non-hydrogen) atoms. The summed E-state index contributed by atoms with van der Waals surface area (Å²) < 4.78 is 22.2. The molecule has 4 aromatic rings. The van der Waals surface area contributed by atoms with Gasteiger partial charge >= 0.3 is 0 Å². The van der Waals surface area contributed by atoms with Gasteiger partial charge in [-0.15, -0.1) is 0 Å². The number of aryl methyl sites for hydroxylation is 2. The SMILES string of the molecule is Cc1cc(C(=O)NC2CCC(NC(=O)c3cc(F)cnc3Oc3cccc(-c4ccc(CCN5CCC(N6CCCC6)CC5)cc4)c3)CC2)nn1C. The lowest BCUT2D eigenvalue weighted by atomic mass is 9.91. The van der Waals surface area contributed by atoms with Gasteiger partial charge in [0.1, 0.15) is 22.8 Å². The van der Waals surface area contributed by atoms with E-state index in [4.69, 9.17) is 4.74 Å². The zero-order valence-electron chi connectivity index (χ0n) is 30.3. The van der Waals surface area contributed by atoms with E-state index in [1.165, 1.54) is 57.4 Å². The van der Waals surface area contributed by atoms with Crippen molar-refractivity contribution in [2.24, 2.45) is 7.05 Å². The highest BCUT2D eigenvalue weighted by Crippen LogP contribution is 2.30. The zero-order chi connectivity index (χ0) is 36.0. The molecule has 0 unspecified atom stereocenters. The Bertz CT molecular complexity index is 1820. The summed E-state index contributed by atoms with van der Waals surface area (Å²) in [5, 5.41) is 10.4. The fourth-order valence-electron chi connectivity index (χ4n) is 7.86. The predicted octanol–water partition coefficient (Wildman–Crippen LogP) is 6.30. The fourth-order valence-corrected chi connectivity index (χ4v) is 7.86. The second-order valence-electron chi connectivity index (χ2n) is 14.7. The average molecular weight is 708 g/mol. The number of nitrogens with one attached hydrogen (secondary N) is 2. The van der Waals surface area contributed by atoms with Gasteiger partial charge in [-0.25, -0.2) is 9.37 Å². The molecule has 2 aromatic heterocycles. The molecule has 2 saturated heterocycles. The molecule has 3 fully saturated rings. The van der Waals surface area contributed by atoms with Crippen LogP contribution in [0.15, 0.2) is 66.9 Å². The maximum atomic E-state index is 14.4. The van der Waals surface area contributed by atoms with E-state index in [0.717, 1.165) is 48.1 Å². The van der Waals surface area contributed by atoms with Gasteiger partial charge in [-0.05, 0) is 132 Å². The molecule has 10 nitrogen and oxygen atoms in total. The van der Waals surface area contributed by atoms with Gasteiger partial charge in [0.25, 0.3) is 11.8 Å². The molecule has 4 heterocycles. The van der Waals surface area contributed by atoms with Gasteiger partial charge in [0, 0.05) is 37.4 Å². The van der Waals surface area contributed by atoms with Crippen LogP contribution in [-0.2, 0) is 13.5 Å². The lowest BCUT2D eigenvalue weighted by molar-refractivity contribution is 0.0887. The van der Waals surface area contributed by atoms with E-state index in [9.17, 15) is 14.0 Å². The molecule has 2 aliphatic heterocycles. The number of likely N-dealkylation sites (tertiary alicyclic amines) is 2. The Morgan fingerprint density at radius 1 is 0.846 bits per heavy atom. The molecule has 1 aliphatic carbocycles. The third-order valence-electron chi connectivity index (χ3n) is 11.1. The highest BCUT2D eigenvalue weighted by Gasteiger charge is 2.28. The second kappa shape index (κ2) is 16.4. The van der Waals surface area contributed by atoms with Crippen molar-refractivity contribution in [3.63, 3.8) is 0 Å². The van der Waals surface area contributed by atoms with Gasteiger partial charge in [-0.1, -0.05) is 36.4 Å². The van der Waals surface area contributed by atoms with E-state index in [1.54, 1.807) is 23.9 Å². The molecule has 0 spiro atoms. The third-order valence-corrected chi connectivity index (χ3v) is 11.1. The largest absolute Gasteiger partial charge is 0.438 e. The maximum absolute atomic E-state index is 14.4. The van der Waals surface area contributed by atoms with Crippen molar-refractivity contribution >= 4 is 11.8 Å². The Kier molecular flexibility index (Phi) is 11.3. The first-order valence-corrected chi connectivity index (χ1v) is 18.9. The summed E-state index contributed by atoms with van der Waals surface area (Å²) in [5.41, 5.74) is 4.70.